The molecule has 1 aromatic rings. The number of carbonyl (C=O) groups is 2. The van der Waals surface area contributed by atoms with E-state index in [9.17, 15) is 19.2 Å². The fourth-order valence-electron chi connectivity index (χ4n) is 2.59. The maximum Gasteiger partial charge on any atom is 0.326 e. The summed E-state index contributed by atoms with van der Waals surface area (Å²) in [6.45, 7) is 0. The number of rotatable bonds is 4. The first-order valence-electron chi connectivity index (χ1n) is 6.28. The molecule has 108 valence electrons. The Morgan fingerprint density at radius 2 is 1.90 bits per heavy atom. The highest BCUT2D eigenvalue weighted by Crippen LogP contribution is 2.32. The number of nitrogens with one attached hydrogen (secondary N) is 3. The molecule has 0 radical (unpaired) electrons. The van der Waals surface area contributed by atoms with E-state index >= 15 is 0 Å². The van der Waals surface area contributed by atoms with Crippen LogP contribution in [0.15, 0.2) is 15.7 Å². The molecule has 1 amide bonds. The molecule has 0 aromatic carbocycles. The molecule has 20 heavy (non-hydrogen) atoms. The normalized spacial score (nSPS) is 16.8. The average molecular weight is 281 g/mol. The molecule has 2 rings (SSSR count). The van der Waals surface area contributed by atoms with Crippen LogP contribution in [0.4, 0.5) is 0 Å². The lowest BCUT2D eigenvalue weighted by atomic mass is 9.93. The molecular weight excluding hydrogens is 266 g/mol. The van der Waals surface area contributed by atoms with Crippen LogP contribution in [0, 0.1) is 0 Å². The second kappa shape index (κ2) is 5.32. The van der Waals surface area contributed by atoms with Gasteiger partial charge in [0.1, 0.15) is 5.69 Å². The summed E-state index contributed by atoms with van der Waals surface area (Å²) in [5.41, 5.74) is -2.43. The summed E-state index contributed by atoms with van der Waals surface area (Å²) in [5, 5.41) is 11.6. The third-order valence-electron chi connectivity index (χ3n) is 3.43. The van der Waals surface area contributed by atoms with Crippen molar-refractivity contribution < 1.29 is 14.7 Å². The highest BCUT2D eigenvalue weighted by Gasteiger charge is 2.37. The lowest BCUT2D eigenvalue weighted by Crippen LogP contribution is -2.48. The first kappa shape index (κ1) is 14.0. The van der Waals surface area contributed by atoms with Crippen LogP contribution in [0.5, 0.6) is 0 Å². The van der Waals surface area contributed by atoms with Gasteiger partial charge < -0.3 is 15.4 Å². The minimum Gasteiger partial charge on any atom is -0.481 e. The Morgan fingerprint density at radius 1 is 1.25 bits per heavy atom. The fraction of sp³-hybridized carbons (Fsp3) is 0.500. The van der Waals surface area contributed by atoms with Gasteiger partial charge in [0.25, 0.3) is 11.5 Å². The van der Waals surface area contributed by atoms with E-state index in [0.717, 1.165) is 18.9 Å². The van der Waals surface area contributed by atoms with E-state index in [1.54, 1.807) is 0 Å². The van der Waals surface area contributed by atoms with Gasteiger partial charge >= 0.3 is 11.7 Å². The summed E-state index contributed by atoms with van der Waals surface area (Å²) < 4.78 is 0. The summed E-state index contributed by atoms with van der Waals surface area (Å²) in [7, 11) is 0. The number of carboxylic acids is 1. The van der Waals surface area contributed by atoms with Crippen LogP contribution < -0.4 is 16.6 Å². The molecule has 1 aromatic heterocycles. The molecule has 1 aliphatic rings. The molecule has 8 nitrogen and oxygen atoms in total. The number of carbonyl (C=O) groups excluding carboxylic acids is 1. The van der Waals surface area contributed by atoms with Gasteiger partial charge in [0.05, 0.1) is 12.0 Å². The van der Waals surface area contributed by atoms with Crippen LogP contribution in [0.1, 0.15) is 42.6 Å². The molecule has 4 N–H and O–H groups in total. The summed E-state index contributed by atoms with van der Waals surface area (Å²) in [6.07, 6.45) is 2.63. The molecule has 0 atom stereocenters. The number of hydrogen-bond donors (Lipinski definition) is 4. The molecule has 1 fully saturated rings. The van der Waals surface area contributed by atoms with Gasteiger partial charge in [0.2, 0.25) is 0 Å². The lowest BCUT2D eigenvalue weighted by Gasteiger charge is -2.28. The predicted molar refractivity (Wildman–Crippen MR) is 68.6 cm³/mol. The number of hydrogen-bond acceptors (Lipinski definition) is 4. The van der Waals surface area contributed by atoms with Crippen LogP contribution in [-0.2, 0) is 4.79 Å². The minimum atomic E-state index is -0.994. The van der Waals surface area contributed by atoms with Gasteiger partial charge in [-0.05, 0) is 12.8 Å². The van der Waals surface area contributed by atoms with Gasteiger partial charge in [-0.1, -0.05) is 12.8 Å². The topological polar surface area (TPSA) is 132 Å². The molecule has 0 saturated heterocycles. The molecular formula is C12H15N3O5. The highest BCUT2D eigenvalue weighted by atomic mass is 16.4. The summed E-state index contributed by atoms with van der Waals surface area (Å²) >= 11 is 0. The lowest BCUT2D eigenvalue weighted by molar-refractivity contribution is -0.138. The third-order valence-corrected chi connectivity index (χ3v) is 3.43. The quantitative estimate of drug-likeness (QED) is 0.595. The Bertz CT molecular complexity index is 611. The Hall–Kier alpha value is -2.38. The second-order valence-electron chi connectivity index (χ2n) is 5.01. The zero-order chi connectivity index (χ0) is 14.8. The number of H-pyrrole nitrogens is 2. The van der Waals surface area contributed by atoms with Crippen LogP contribution >= 0.6 is 0 Å². The van der Waals surface area contributed by atoms with Crippen LogP contribution in [-0.4, -0.2) is 32.5 Å². The van der Waals surface area contributed by atoms with Crippen molar-refractivity contribution in [2.24, 2.45) is 0 Å². The van der Waals surface area contributed by atoms with Gasteiger partial charge in [-0.25, -0.2) is 4.79 Å². The summed E-state index contributed by atoms with van der Waals surface area (Å²) in [4.78, 5) is 49.5. The SMILES string of the molecule is O=C(O)CC1(NC(=O)c2cc(=O)[nH]c(=O)[nH]2)CCCC1. The maximum atomic E-state index is 12.1. The maximum absolute atomic E-state index is 12.1. The van der Waals surface area contributed by atoms with E-state index in [1.807, 2.05) is 4.98 Å². The highest BCUT2D eigenvalue weighted by molar-refractivity contribution is 5.93. The van der Waals surface area contributed by atoms with Crippen molar-refractivity contribution >= 4 is 11.9 Å². The Balaban J connectivity index is 2.22. The van der Waals surface area contributed by atoms with Crippen LogP contribution in [0.25, 0.3) is 0 Å². The van der Waals surface area contributed by atoms with Gasteiger partial charge in [-0.3, -0.25) is 19.4 Å². The zero-order valence-corrected chi connectivity index (χ0v) is 10.7. The number of aromatic nitrogens is 2. The van der Waals surface area contributed by atoms with Gasteiger partial charge in [-0.2, -0.15) is 0 Å². The Morgan fingerprint density at radius 3 is 2.45 bits per heavy atom. The van der Waals surface area contributed by atoms with Gasteiger partial charge in [0, 0.05) is 6.07 Å². The van der Waals surface area contributed by atoms with Crippen molar-refractivity contribution in [3.63, 3.8) is 0 Å². The molecule has 0 bridgehead atoms. The first-order valence-corrected chi connectivity index (χ1v) is 6.28. The van der Waals surface area contributed by atoms with Gasteiger partial charge in [-0.15, -0.1) is 0 Å². The van der Waals surface area contributed by atoms with Crippen molar-refractivity contribution in [3.8, 4) is 0 Å². The molecule has 0 unspecified atom stereocenters. The van der Waals surface area contributed by atoms with E-state index in [1.165, 1.54) is 0 Å². The molecule has 8 heteroatoms. The number of carboxylic acid groups (broad SMARTS) is 1. The minimum absolute atomic E-state index is 0.171. The van der Waals surface area contributed by atoms with Crippen molar-refractivity contribution in [1.29, 1.82) is 0 Å². The van der Waals surface area contributed by atoms with Gasteiger partial charge in [0.15, 0.2) is 0 Å². The fourth-order valence-corrected chi connectivity index (χ4v) is 2.59. The average Bonchev–Trinajstić information content (AvgIpc) is 2.74. The Labute approximate surface area is 113 Å². The first-order chi connectivity index (χ1) is 9.40. The smallest absolute Gasteiger partial charge is 0.326 e. The van der Waals surface area contributed by atoms with E-state index in [2.05, 4.69) is 10.3 Å². The third kappa shape index (κ3) is 3.14. The number of aliphatic carboxylic acids is 1. The van der Waals surface area contributed by atoms with Crippen molar-refractivity contribution in [2.45, 2.75) is 37.6 Å². The molecule has 1 saturated carbocycles. The van der Waals surface area contributed by atoms with Crippen molar-refractivity contribution in [1.82, 2.24) is 15.3 Å². The van der Waals surface area contributed by atoms with Crippen LogP contribution in [0.3, 0.4) is 0 Å². The second-order valence-corrected chi connectivity index (χ2v) is 5.01. The predicted octanol–water partition coefficient (Wildman–Crippen LogP) is -0.420. The van der Waals surface area contributed by atoms with Crippen molar-refractivity contribution in [3.05, 3.63) is 32.6 Å². The van der Waals surface area contributed by atoms with E-state index in [-0.39, 0.29) is 12.1 Å². The van der Waals surface area contributed by atoms with E-state index in [4.69, 9.17) is 5.11 Å². The van der Waals surface area contributed by atoms with Crippen LogP contribution in [0.2, 0.25) is 0 Å². The largest absolute Gasteiger partial charge is 0.481 e. The number of aromatic amines is 2. The molecule has 1 heterocycles. The Kier molecular flexibility index (Phi) is 3.73. The monoisotopic (exact) mass is 281 g/mol. The van der Waals surface area contributed by atoms with E-state index in [0.29, 0.717) is 12.8 Å². The standard InChI is InChI=1S/C12H15N3O5/c16-8-5-7(13-11(20)14-8)10(19)15-12(6-9(17)18)3-1-2-4-12/h5H,1-4,6H2,(H,15,19)(H,17,18)(H2,13,14,16,20). The molecule has 0 spiro atoms. The summed E-state index contributed by atoms with van der Waals surface area (Å²) in [6, 6.07) is 0.972. The molecule has 1 aliphatic carbocycles. The van der Waals surface area contributed by atoms with Crippen molar-refractivity contribution in [2.75, 3.05) is 0 Å². The summed E-state index contributed by atoms with van der Waals surface area (Å²) in [5.74, 6) is -1.64. The molecule has 0 aliphatic heterocycles. The number of amides is 1. The van der Waals surface area contributed by atoms with E-state index < -0.39 is 28.7 Å². The zero-order valence-electron chi connectivity index (χ0n) is 10.7.